The molecule has 1 aliphatic rings. The highest BCUT2D eigenvalue weighted by Gasteiger charge is 2.21. The van der Waals surface area contributed by atoms with Crippen LogP contribution < -0.4 is 5.32 Å². The summed E-state index contributed by atoms with van der Waals surface area (Å²) in [5, 5.41) is 12.2. The molecule has 1 aromatic rings. The number of aromatic hydroxyl groups is 1. The zero-order valence-electron chi connectivity index (χ0n) is 9.40. The highest BCUT2D eigenvalue weighted by Crippen LogP contribution is 2.28. The van der Waals surface area contributed by atoms with E-state index in [0.29, 0.717) is 15.0 Å². The van der Waals surface area contributed by atoms with Gasteiger partial charge in [0.25, 0.3) is 5.91 Å². The second kappa shape index (κ2) is 4.50. The Labute approximate surface area is 109 Å². The highest BCUT2D eigenvalue weighted by molar-refractivity contribution is 8.26. The largest absolute Gasteiger partial charge is 0.507 e. The van der Waals surface area contributed by atoms with Crippen molar-refractivity contribution in [3.63, 3.8) is 0 Å². The maximum absolute atomic E-state index is 11.5. The second-order valence-electron chi connectivity index (χ2n) is 3.86. The number of carbonyl (C=O) groups excluding carboxylic acids is 1. The first kappa shape index (κ1) is 12.1. The van der Waals surface area contributed by atoms with Gasteiger partial charge in [0.2, 0.25) is 0 Å². The third-order valence-electron chi connectivity index (χ3n) is 2.45. The molecule has 1 aromatic carbocycles. The molecule has 0 aliphatic carbocycles. The summed E-state index contributed by atoms with van der Waals surface area (Å²) in [4.78, 5) is 12.1. The third kappa shape index (κ3) is 2.50. The molecule has 0 radical (unpaired) electrons. The van der Waals surface area contributed by atoms with Crippen LogP contribution >= 0.6 is 24.0 Å². The van der Waals surface area contributed by atoms with Crippen LogP contribution in [0.1, 0.15) is 16.7 Å². The number of aryl methyl sites for hydroxylation is 2. The van der Waals surface area contributed by atoms with Gasteiger partial charge in [-0.2, -0.15) is 0 Å². The number of carbonyl (C=O) groups is 1. The molecule has 1 aliphatic heterocycles. The van der Waals surface area contributed by atoms with Gasteiger partial charge < -0.3 is 10.4 Å². The lowest BCUT2D eigenvalue weighted by molar-refractivity contribution is -0.115. The number of hydrogen-bond acceptors (Lipinski definition) is 4. The lowest BCUT2D eigenvalue weighted by Crippen LogP contribution is -2.17. The van der Waals surface area contributed by atoms with Crippen molar-refractivity contribution in [3.05, 3.63) is 33.7 Å². The maximum atomic E-state index is 11.5. The minimum absolute atomic E-state index is 0.164. The summed E-state index contributed by atoms with van der Waals surface area (Å²) in [6, 6.07) is 3.68. The molecular formula is C12H11NO2S2. The van der Waals surface area contributed by atoms with Gasteiger partial charge in [0.15, 0.2) is 0 Å². The van der Waals surface area contributed by atoms with E-state index in [9.17, 15) is 9.90 Å². The second-order valence-corrected chi connectivity index (χ2v) is 5.57. The number of thioether (sulfide) groups is 1. The summed E-state index contributed by atoms with van der Waals surface area (Å²) in [6.45, 7) is 3.66. The molecule has 88 valence electrons. The molecule has 3 nitrogen and oxygen atoms in total. The fourth-order valence-electron chi connectivity index (χ4n) is 1.65. The molecule has 0 saturated carbocycles. The van der Waals surface area contributed by atoms with Crippen molar-refractivity contribution in [2.24, 2.45) is 0 Å². The Morgan fingerprint density at radius 1 is 1.35 bits per heavy atom. The van der Waals surface area contributed by atoms with E-state index in [1.165, 1.54) is 11.8 Å². The van der Waals surface area contributed by atoms with Crippen LogP contribution in [0.3, 0.4) is 0 Å². The van der Waals surface area contributed by atoms with E-state index in [-0.39, 0.29) is 5.91 Å². The van der Waals surface area contributed by atoms with E-state index in [4.69, 9.17) is 12.2 Å². The molecule has 1 heterocycles. The van der Waals surface area contributed by atoms with E-state index in [1.54, 1.807) is 6.08 Å². The maximum Gasteiger partial charge on any atom is 0.263 e. The Morgan fingerprint density at radius 3 is 2.41 bits per heavy atom. The van der Waals surface area contributed by atoms with Crippen molar-refractivity contribution < 1.29 is 9.90 Å². The summed E-state index contributed by atoms with van der Waals surface area (Å²) >= 11 is 6.17. The average Bonchev–Trinajstić information content (AvgIpc) is 2.54. The lowest BCUT2D eigenvalue weighted by atomic mass is 10.1. The van der Waals surface area contributed by atoms with Gasteiger partial charge in [-0.05, 0) is 48.7 Å². The van der Waals surface area contributed by atoms with E-state index in [0.717, 1.165) is 16.7 Å². The number of thiocarbonyl (C=S) groups is 1. The fraction of sp³-hybridized carbons (Fsp3) is 0.167. The third-order valence-corrected chi connectivity index (χ3v) is 3.62. The van der Waals surface area contributed by atoms with Crippen molar-refractivity contribution in [2.45, 2.75) is 13.8 Å². The van der Waals surface area contributed by atoms with Crippen LogP contribution in [0.5, 0.6) is 5.75 Å². The SMILES string of the molecule is Cc1cc(C=C2SC(=S)NC2=O)cc(C)c1O. The first-order valence-corrected chi connectivity index (χ1v) is 6.25. The molecule has 0 spiro atoms. The minimum atomic E-state index is -0.164. The molecule has 1 saturated heterocycles. The van der Waals surface area contributed by atoms with Gasteiger partial charge in [-0.25, -0.2) is 0 Å². The fourth-order valence-corrected chi connectivity index (χ4v) is 2.69. The minimum Gasteiger partial charge on any atom is -0.507 e. The van der Waals surface area contributed by atoms with Gasteiger partial charge in [0.05, 0.1) is 4.91 Å². The smallest absolute Gasteiger partial charge is 0.263 e. The van der Waals surface area contributed by atoms with Gasteiger partial charge in [-0.1, -0.05) is 24.0 Å². The predicted molar refractivity (Wildman–Crippen MR) is 73.9 cm³/mol. The summed E-state index contributed by atoms with van der Waals surface area (Å²) < 4.78 is 0.480. The van der Waals surface area contributed by atoms with Crippen LogP contribution in [0.4, 0.5) is 0 Å². The van der Waals surface area contributed by atoms with Gasteiger partial charge in [-0.15, -0.1) is 0 Å². The molecule has 0 atom stereocenters. The molecule has 1 amide bonds. The zero-order valence-corrected chi connectivity index (χ0v) is 11.0. The van der Waals surface area contributed by atoms with Crippen molar-refractivity contribution in [1.29, 1.82) is 0 Å². The molecule has 0 aromatic heterocycles. The predicted octanol–water partition coefficient (Wildman–Crippen LogP) is 2.50. The number of phenols is 1. The van der Waals surface area contributed by atoms with E-state index in [2.05, 4.69) is 5.32 Å². The van der Waals surface area contributed by atoms with Crippen LogP contribution in [0.15, 0.2) is 17.0 Å². The van der Waals surface area contributed by atoms with Gasteiger partial charge in [-0.3, -0.25) is 4.79 Å². The van der Waals surface area contributed by atoms with Crippen molar-refractivity contribution in [3.8, 4) is 5.75 Å². The number of rotatable bonds is 1. The molecule has 17 heavy (non-hydrogen) atoms. The average molecular weight is 265 g/mol. The van der Waals surface area contributed by atoms with Crippen molar-refractivity contribution in [1.82, 2.24) is 5.32 Å². The quantitative estimate of drug-likeness (QED) is 0.605. The standard InChI is InChI=1S/C12H11NO2S2/c1-6-3-8(4-7(2)10(6)14)5-9-11(15)13-12(16)17-9/h3-5,14H,1-2H3,(H,13,15,16). The monoisotopic (exact) mass is 265 g/mol. The Kier molecular flexibility index (Phi) is 3.22. The number of hydrogen-bond donors (Lipinski definition) is 2. The summed E-state index contributed by atoms with van der Waals surface area (Å²) in [6.07, 6.45) is 1.78. The zero-order chi connectivity index (χ0) is 12.6. The van der Waals surface area contributed by atoms with Gasteiger partial charge >= 0.3 is 0 Å². The van der Waals surface area contributed by atoms with Crippen molar-refractivity contribution in [2.75, 3.05) is 0 Å². The summed E-state index contributed by atoms with van der Waals surface area (Å²) in [5.74, 6) is 0.134. The lowest BCUT2D eigenvalue weighted by Gasteiger charge is -2.05. The molecule has 1 fully saturated rings. The van der Waals surface area contributed by atoms with Gasteiger partial charge in [0.1, 0.15) is 10.1 Å². The molecular weight excluding hydrogens is 254 g/mol. The van der Waals surface area contributed by atoms with Crippen LogP contribution in [-0.4, -0.2) is 15.3 Å². The molecule has 0 bridgehead atoms. The Morgan fingerprint density at radius 2 is 1.94 bits per heavy atom. The van der Waals surface area contributed by atoms with E-state index >= 15 is 0 Å². The van der Waals surface area contributed by atoms with E-state index < -0.39 is 0 Å². The molecule has 5 heteroatoms. The van der Waals surface area contributed by atoms with Crippen molar-refractivity contribution >= 4 is 40.3 Å². The molecule has 2 rings (SSSR count). The van der Waals surface area contributed by atoms with Crippen LogP contribution in [-0.2, 0) is 4.79 Å². The molecule has 0 unspecified atom stereocenters. The Bertz CT molecular complexity index is 526. The summed E-state index contributed by atoms with van der Waals surface area (Å²) in [5.41, 5.74) is 2.48. The normalized spacial score (nSPS) is 17.6. The topological polar surface area (TPSA) is 49.3 Å². The number of amides is 1. The van der Waals surface area contributed by atoms with Crippen LogP contribution in [0, 0.1) is 13.8 Å². The Hall–Kier alpha value is -1.33. The number of benzene rings is 1. The highest BCUT2D eigenvalue weighted by atomic mass is 32.2. The Balaban J connectivity index is 2.40. The van der Waals surface area contributed by atoms with E-state index in [1.807, 2.05) is 26.0 Å². The first-order chi connectivity index (χ1) is 7.97. The van der Waals surface area contributed by atoms with Crippen LogP contribution in [0.2, 0.25) is 0 Å². The molecule has 2 N–H and O–H groups in total. The number of nitrogens with one attached hydrogen (secondary N) is 1. The number of phenolic OH excluding ortho intramolecular Hbond substituents is 1. The summed E-state index contributed by atoms with van der Waals surface area (Å²) in [7, 11) is 0. The van der Waals surface area contributed by atoms with Crippen LogP contribution in [0.25, 0.3) is 6.08 Å². The van der Waals surface area contributed by atoms with Gasteiger partial charge in [0, 0.05) is 0 Å². The first-order valence-electron chi connectivity index (χ1n) is 5.02.